The summed E-state index contributed by atoms with van der Waals surface area (Å²) in [5, 5.41) is 23.5. The van der Waals surface area contributed by atoms with Crippen LogP contribution in [0.4, 0.5) is 10.5 Å². The average molecular weight is 473 g/mol. The van der Waals surface area contributed by atoms with Gasteiger partial charge in [0.1, 0.15) is 18.8 Å². The molecule has 2 atom stereocenters. The monoisotopic (exact) mass is 472 g/mol. The molecule has 6 nitrogen and oxygen atoms in total. The fourth-order valence-corrected chi connectivity index (χ4v) is 4.45. The molecule has 0 fully saturated rings. The van der Waals surface area contributed by atoms with Crippen molar-refractivity contribution in [2.75, 3.05) is 18.9 Å². The highest BCUT2D eigenvalue weighted by molar-refractivity contribution is 6.38. The van der Waals surface area contributed by atoms with Crippen molar-refractivity contribution in [3.63, 3.8) is 0 Å². The second-order valence-electron chi connectivity index (χ2n) is 7.62. The number of aliphatic hydroxyl groups excluding tert-OH is 2. The third-order valence-corrected chi connectivity index (χ3v) is 6.23. The number of carbonyl (C=O) groups is 1. The molecule has 32 heavy (non-hydrogen) atoms. The van der Waals surface area contributed by atoms with Gasteiger partial charge in [-0.15, -0.1) is 0 Å². The van der Waals surface area contributed by atoms with Gasteiger partial charge in [0.25, 0.3) is 0 Å². The second kappa shape index (κ2) is 9.38. The van der Waals surface area contributed by atoms with Crippen molar-refractivity contribution in [3.8, 4) is 11.1 Å². The first-order valence-corrected chi connectivity index (χ1v) is 10.8. The quantitative estimate of drug-likeness (QED) is 0.395. The number of benzene rings is 3. The van der Waals surface area contributed by atoms with Crippen LogP contribution in [0.5, 0.6) is 0 Å². The molecular weight excluding hydrogens is 451 g/mol. The van der Waals surface area contributed by atoms with E-state index in [9.17, 15) is 15.0 Å². The number of anilines is 1. The summed E-state index contributed by atoms with van der Waals surface area (Å²) in [5.74, 6) is -0.0669. The third-order valence-electron chi connectivity index (χ3n) is 5.61. The number of rotatable bonds is 6. The Morgan fingerprint density at radius 3 is 2.09 bits per heavy atom. The van der Waals surface area contributed by atoms with E-state index in [1.165, 1.54) is 12.1 Å². The van der Waals surface area contributed by atoms with Crippen molar-refractivity contribution in [3.05, 3.63) is 87.4 Å². The maximum absolute atomic E-state index is 12.3. The lowest BCUT2D eigenvalue weighted by molar-refractivity contribution is 0.0185. The van der Waals surface area contributed by atoms with Crippen LogP contribution in [-0.4, -0.2) is 35.6 Å². The Balaban J connectivity index is 1.35. The molecule has 8 heteroatoms. The van der Waals surface area contributed by atoms with Crippen molar-refractivity contribution in [1.29, 1.82) is 0 Å². The minimum Gasteiger partial charge on any atom is -0.449 e. The molecule has 0 saturated carbocycles. The summed E-state index contributed by atoms with van der Waals surface area (Å²) >= 11 is 12.0. The fourth-order valence-electron chi connectivity index (χ4n) is 3.95. The Hall–Kier alpha value is -2.77. The molecule has 5 N–H and O–H groups in total. The molecule has 1 aliphatic rings. The summed E-state index contributed by atoms with van der Waals surface area (Å²) in [6.07, 6.45) is -3.31. The number of nitrogens with one attached hydrogen (secondary N) is 1. The first-order chi connectivity index (χ1) is 15.4. The number of hydrogen-bond donors (Lipinski definition) is 4. The Morgan fingerprint density at radius 2 is 1.53 bits per heavy atom. The van der Waals surface area contributed by atoms with Crippen LogP contribution in [0.3, 0.4) is 0 Å². The van der Waals surface area contributed by atoms with E-state index < -0.39 is 18.3 Å². The number of ether oxygens (including phenoxy) is 1. The number of hydrogen-bond acceptors (Lipinski definition) is 5. The summed E-state index contributed by atoms with van der Waals surface area (Å²) in [4.78, 5) is 12.3. The highest BCUT2D eigenvalue weighted by Gasteiger charge is 2.29. The number of amides is 1. The Labute approximate surface area is 195 Å². The molecule has 4 rings (SSSR count). The zero-order valence-electron chi connectivity index (χ0n) is 17.0. The van der Waals surface area contributed by atoms with Crippen molar-refractivity contribution in [2.24, 2.45) is 0 Å². The smallest absolute Gasteiger partial charge is 0.407 e. The van der Waals surface area contributed by atoms with Crippen LogP contribution in [0.1, 0.15) is 28.7 Å². The van der Waals surface area contributed by atoms with E-state index in [0.29, 0.717) is 0 Å². The topological polar surface area (TPSA) is 105 Å². The van der Waals surface area contributed by atoms with Crippen LogP contribution in [0.15, 0.2) is 60.7 Å². The second-order valence-corrected chi connectivity index (χ2v) is 8.43. The van der Waals surface area contributed by atoms with Crippen LogP contribution >= 0.6 is 23.2 Å². The first kappa shape index (κ1) is 22.4. The van der Waals surface area contributed by atoms with Crippen LogP contribution in [0.25, 0.3) is 11.1 Å². The van der Waals surface area contributed by atoms with E-state index in [1.807, 2.05) is 36.4 Å². The lowest BCUT2D eigenvalue weighted by atomic mass is 9.98. The van der Waals surface area contributed by atoms with Crippen molar-refractivity contribution >= 4 is 35.0 Å². The SMILES string of the molecule is Nc1c(Cl)cc(C(O)C(O)CNC(=O)OCC2c3ccccc3-c3ccccc32)cc1Cl. The molecule has 166 valence electrons. The fraction of sp³-hybridized carbons (Fsp3) is 0.208. The van der Waals surface area contributed by atoms with E-state index in [0.717, 1.165) is 22.3 Å². The van der Waals surface area contributed by atoms with Gasteiger partial charge >= 0.3 is 6.09 Å². The molecule has 3 aromatic rings. The van der Waals surface area contributed by atoms with Gasteiger partial charge in [0.15, 0.2) is 0 Å². The number of nitrogens with two attached hydrogens (primary N) is 1. The van der Waals surface area contributed by atoms with Crippen LogP contribution in [0.2, 0.25) is 10.0 Å². The molecule has 0 bridgehead atoms. The molecule has 0 heterocycles. The van der Waals surface area contributed by atoms with Crippen LogP contribution in [0, 0.1) is 0 Å². The highest BCUT2D eigenvalue weighted by atomic mass is 35.5. The first-order valence-electron chi connectivity index (χ1n) is 10.1. The number of aliphatic hydroxyl groups is 2. The van der Waals surface area contributed by atoms with E-state index in [-0.39, 0.29) is 40.4 Å². The predicted octanol–water partition coefficient (Wildman–Crippen LogP) is 4.51. The molecule has 0 spiro atoms. The van der Waals surface area contributed by atoms with E-state index in [2.05, 4.69) is 17.4 Å². The molecule has 0 aromatic heterocycles. The summed E-state index contributed by atoms with van der Waals surface area (Å²) < 4.78 is 5.43. The van der Waals surface area contributed by atoms with E-state index in [4.69, 9.17) is 33.7 Å². The van der Waals surface area contributed by atoms with Gasteiger partial charge < -0.3 is 26.0 Å². The standard InChI is InChI=1S/C24H22Cl2N2O4/c25-19-9-13(10-20(26)22(19)27)23(30)21(29)11-28-24(31)32-12-18-16-7-3-1-5-14(16)15-6-2-4-8-17(15)18/h1-10,18,21,23,29-30H,11-12,27H2,(H,28,31). The number of alkyl carbamates (subject to hydrolysis) is 1. The summed E-state index contributed by atoms with van der Waals surface area (Å²) in [5.41, 5.74) is 10.6. The van der Waals surface area contributed by atoms with E-state index >= 15 is 0 Å². The molecular formula is C24H22Cl2N2O4. The largest absolute Gasteiger partial charge is 0.449 e. The molecule has 2 unspecified atom stereocenters. The van der Waals surface area contributed by atoms with Crippen molar-refractivity contribution in [1.82, 2.24) is 5.32 Å². The van der Waals surface area contributed by atoms with Gasteiger partial charge in [-0.2, -0.15) is 0 Å². The zero-order chi connectivity index (χ0) is 22.8. The van der Waals surface area contributed by atoms with Gasteiger partial charge in [-0.25, -0.2) is 4.79 Å². The molecule has 0 saturated heterocycles. The molecule has 3 aromatic carbocycles. The lowest BCUT2D eigenvalue weighted by Crippen LogP contribution is -2.36. The number of halogens is 2. The van der Waals surface area contributed by atoms with Gasteiger partial charge in [-0.3, -0.25) is 0 Å². The summed E-state index contributed by atoms with van der Waals surface area (Å²) in [6, 6.07) is 18.9. The Morgan fingerprint density at radius 1 is 1.00 bits per heavy atom. The maximum Gasteiger partial charge on any atom is 0.407 e. The van der Waals surface area contributed by atoms with Gasteiger partial charge in [-0.05, 0) is 39.9 Å². The summed E-state index contributed by atoms with van der Waals surface area (Å²) in [7, 11) is 0. The predicted molar refractivity (Wildman–Crippen MR) is 125 cm³/mol. The van der Waals surface area contributed by atoms with E-state index in [1.54, 1.807) is 0 Å². The lowest BCUT2D eigenvalue weighted by Gasteiger charge is -2.20. The Kier molecular flexibility index (Phi) is 6.58. The highest BCUT2D eigenvalue weighted by Crippen LogP contribution is 2.44. The number of fused-ring (bicyclic) bond motifs is 3. The molecule has 0 aliphatic heterocycles. The van der Waals surface area contributed by atoms with Gasteiger partial charge in [0.05, 0.1) is 15.7 Å². The molecule has 0 radical (unpaired) electrons. The third kappa shape index (κ3) is 4.40. The van der Waals surface area contributed by atoms with Crippen molar-refractivity contribution in [2.45, 2.75) is 18.1 Å². The van der Waals surface area contributed by atoms with Gasteiger partial charge in [-0.1, -0.05) is 71.7 Å². The minimum absolute atomic E-state index is 0.0669. The minimum atomic E-state index is -1.32. The van der Waals surface area contributed by atoms with Gasteiger partial charge in [0, 0.05) is 12.5 Å². The summed E-state index contributed by atoms with van der Waals surface area (Å²) in [6.45, 7) is -0.0703. The number of nitrogen functional groups attached to an aromatic ring is 1. The number of carbonyl (C=O) groups excluding carboxylic acids is 1. The van der Waals surface area contributed by atoms with Crippen LogP contribution in [-0.2, 0) is 4.74 Å². The van der Waals surface area contributed by atoms with Crippen LogP contribution < -0.4 is 11.1 Å². The Bertz CT molecular complexity index is 1090. The average Bonchev–Trinajstić information content (AvgIpc) is 3.12. The molecule has 1 amide bonds. The normalized spacial score (nSPS) is 14.4. The van der Waals surface area contributed by atoms with Gasteiger partial charge in [0.2, 0.25) is 0 Å². The maximum atomic E-state index is 12.3. The zero-order valence-corrected chi connectivity index (χ0v) is 18.5. The van der Waals surface area contributed by atoms with Crippen molar-refractivity contribution < 1.29 is 19.7 Å². The molecule has 1 aliphatic carbocycles.